The topological polar surface area (TPSA) is 43.4 Å². The van der Waals surface area contributed by atoms with Crippen molar-refractivity contribution in [2.45, 2.75) is 65.4 Å². The van der Waals surface area contributed by atoms with Crippen LogP contribution in [0.25, 0.3) is 0 Å². The summed E-state index contributed by atoms with van der Waals surface area (Å²) in [6.45, 7) is 5.07. The Hall–Kier alpha value is -0.860. The maximum Gasteiger partial charge on any atom is 0.302 e. The molecular formula is C12H22O3. The Kier molecular flexibility index (Phi) is 7.96. The van der Waals surface area contributed by atoms with Crippen LogP contribution in [0.1, 0.15) is 59.3 Å². The lowest BCUT2D eigenvalue weighted by atomic mass is 10.1. The van der Waals surface area contributed by atoms with Crippen molar-refractivity contribution in [1.82, 2.24) is 0 Å². The van der Waals surface area contributed by atoms with Crippen LogP contribution in [-0.2, 0) is 14.3 Å². The average Bonchev–Trinajstić information content (AvgIpc) is 2.10. The molecule has 0 aromatic rings. The predicted octanol–water partition coefficient (Wildman–Crippen LogP) is 2.87. The molecule has 0 fully saturated rings. The number of carbonyl (C=O) groups excluding carboxylic acids is 2. The molecule has 0 aliphatic rings. The van der Waals surface area contributed by atoms with E-state index < -0.39 is 0 Å². The van der Waals surface area contributed by atoms with Crippen molar-refractivity contribution in [3.8, 4) is 0 Å². The Bertz CT molecular complexity index is 183. The Morgan fingerprint density at radius 3 is 2.27 bits per heavy atom. The molecular weight excluding hydrogens is 192 g/mol. The smallest absolute Gasteiger partial charge is 0.302 e. The van der Waals surface area contributed by atoms with E-state index in [1.165, 1.54) is 26.7 Å². The van der Waals surface area contributed by atoms with Crippen molar-refractivity contribution in [2.24, 2.45) is 0 Å². The molecule has 0 aliphatic heterocycles. The van der Waals surface area contributed by atoms with Gasteiger partial charge in [0.15, 0.2) is 0 Å². The van der Waals surface area contributed by atoms with Crippen LogP contribution in [0.15, 0.2) is 0 Å². The third kappa shape index (κ3) is 9.44. The summed E-state index contributed by atoms with van der Waals surface area (Å²) in [7, 11) is 0. The zero-order chi connectivity index (χ0) is 11.7. The van der Waals surface area contributed by atoms with Gasteiger partial charge in [-0.2, -0.15) is 0 Å². The SMILES string of the molecule is CCCCCCC(CC(C)=O)OC(C)=O. The molecule has 1 unspecified atom stereocenters. The molecule has 0 N–H and O–H groups in total. The first-order chi connectivity index (χ1) is 7.06. The Labute approximate surface area is 92.2 Å². The summed E-state index contributed by atoms with van der Waals surface area (Å²) < 4.78 is 5.08. The molecule has 3 heteroatoms. The van der Waals surface area contributed by atoms with E-state index in [0.717, 1.165) is 19.3 Å². The molecule has 0 bridgehead atoms. The van der Waals surface area contributed by atoms with Crippen LogP contribution in [0.2, 0.25) is 0 Å². The molecule has 0 amide bonds. The van der Waals surface area contributed by atoms with E-state index in [2.05, 4.69) is 6.92 Å². The molecule has 0 aromatic heterocycles. The second kappa shape index (κ2) is 8.45. The number of esters is 1. The quantitative estimate of drug-likeness (QED) is 0.461. The van der Waals surface area contributed by atoms with Gasteiger partial charge in [0.2, 0.25) is 0 Å². The molecule has 0 aliphatic carbocycles. The maximum absolute atomic E-state index is 10.9. The fourth-order valence-electron chi connectivity index (χ4n) is 1.56. The lowest BCUT2D eigenvalue weighted by molar-refractivity contribution is -0.147. The minimum Gasteiger partial charge on any atom is -0.462 e. The normalized spacial score (nSPS) is 12.2. The van der Waals surface area contributed by atoms with E-state index in [4.69, 9.17) is 4.74 Å². The molecule has 1 atom stereocenters. The second-order valence-electron chi connectivity index (χ2n) is 3.99. The molecule has 0 radical (unpaired) electrons. The second-order valence-corrected chi connectivity index (χ2v) is 3.99. The van der Waals surface area contributed by atoms with E-state index >= 15 is 0 Å². The number of ketones is 1. The van der Waals surface area contributed by atoms with Crippen molar-refractivity contribution >= 4 is 11.8 Å². The van der Waals surface area contributed by atoms with Gasteiger partial charge in [0.25, 0.3) is 0 Å². The number of Topliss-reactive ketones (excluding diaryl/α,β-unsaturated/α-hetero) is 1. The number of unbranched alkanes of at least 4 members (excludes halogenated alkanes) is 3. The fraction of sp³-hybridized carbons (Fsp3) is 0.833. The van der Waals surface area contributed by atoms with Crippen LogP contribution in [0.3, 0.4) is 0 Å². The monoisotopic (exact) mass is 214 g/mol. The first-order valence-electron chi connectivity index (χ1n) is 5.73. The van der Waals surface area contributed by atoms with E-state index in [-0.39, 0.29) is 17.9 Å². The van der Waals surface area contributed by atoms with Crippen molar-refractivity contribution in [1.29, 1.82) is 0 Å². The van der Waals surface area contributed by atoms with Crippen molar-refractivity contribution < 1.29 is 14.3 Å². The van der Waals surface area contributed by atoms with Crippen molar-refractivity contribution in [3.05, 3.63) is 0 Å². The molecule has 0 aromatic carbocycles. The molecule has 0 rings (SSSR count). The van der Waals surface area contributed by atoms with E-state index in [1.54, 1.807) is 0 Å². The lowest BCUT2D eigenvalue weighted by Crippen LogP contribution is -2.19. The summed E-state index contributed by atoms with van der Waals surface area (Å²) >= 11 is 0. The largest absolute Gasteiger partial charge is 0.462 e. The zero-order valence-corrected chi connectivity index (χ0v) is 10.0. The minimum absolute atomic E-state index is 0.0803. The maximum atomic E-state index is 10.9. The third-order valence-corrected chi connectivity index (χ3v) is 2.23. The number of ether oxygens (including phenoxy) is 1. The third-order valence-electron chi connectivity index (χ3n) is 2.23. The average molecular weight is 214 g/mol. The van der Waals surface area contributed by atoms with Crippen LogP contribution >= 0.6 is 0 Å². The molecule has 15 heavy (non-hydrogen) atoms. The van der Waals surface area contributed by atoms with Crippen LogP contribution in [0.5, 0.6) is 0 Å². The highest BCUT2D eigenvalue weighted by Gasteiger charge is 2.13. The minimum atomic E-state index is -0.295. The summed E-state index contributed by atoms with van der Waals surface area (Å²) in [5, 5.41) is 0. The van der Waals surface area contributed by atoms with Crippen LogP contribution in [-0.4, -0.2) is 17.9 Å². The van der Waals surface area contributed by atoms with Gasteiger partial charge in [-0.3, -0.25) is 9.59 Å². The van der Waals surface area contributed by atoms with Crippen LogP contribution in [0, 0.1) is 0 Å². The standard InChI is InChI=1S/C12H22O3/c1-4-5-6-7-8-12(9-10(2)13)15-11(3)14/h12H,4-9H2,1-3H3. The molecule has 3 nitrogen and oxygen atoms in total. The van der Waals surface area contributed by atoms with Crippen LogP contribution in [0.4, 0.5) is 0 Å². The first-order valence-corrected chi connectivity index (χ1v) is 5.73. The molecule has 0 spiro atoms. The van der Waals surface area contributed by atoms with Gasteiger partial charge in [-0.25, -0.2) is 0 Å². The summed E-state index contributed by atoms with van der Waals surface area (Å²) in [5.41, 5.74) is 0. The summed E-state index contributed by atoms with van der Waals surface area (Å²) in [4.78, 5) is 21.7. The summed E-state index contributed by atoms with van der Waals surface area (Å²) in [6.07, 6.45) is 5.50. The van der Waals surface area contributed by atoms with Gasteiger partial charge in [-0.1, -0.05) is 26.2 Å². The summed E-state index contributed by atoms with van der Waals surface area (Å²) in [5.74, 6) is -0.214. The number of hydrogen-bond donors (Lipinski definition) is 0. The van der Waals surface area contributed by atoms with Gasteiger partial charge in [-0.15, -0.1) is 0 Å². The van der Waals surface area contributed by atoms with Gasteiger partial charge in [0, 0.05) is 13.3 Å². The van der Waals surface area contributed by atoms with E-state index in [1.807, 2.05) is 0 Å². The number of hydrogen-bond acceptors (Lipinski definition) is 3. The van der Waals surface area contributed by atoms with E-state index in [9.17, 15) is 9.59 Å². The lowest BCUT2D eigenvalue weighted by Gasteiger charge is -2.15. The van der Waals surface area contributed by atoms with Crippen LogP contribution < -0.4 is 0 Å². The molecule has 0 heterocycles. The van der Waals surface area contributed by atoms with Crippen molar-refractivity contribution in [3.63, 3.8) is 0 Å². The number of carbonyl (C=O) groups is 2. The van der Waals surface area contributed by atoms with Gasteiger partial charge < -0.3 is 4.74 Å². The molecule has 0 saturated heterocycles. The Morgan fingerprint density at radius 1 is 1.13 bits per heavy atom. The highest BCUT2D eigenvalue weighted by molar-refractivity contribution is 5.76. The molecule has 0 saturated carbocycles. The predicted molar refractivity (Wildman–Crippen MR) is 59.6 cm³/mol. The summed E-state index contributed by atoms with van der Waals surface area (Å²) in [6, 6.07) is 0. The van der Waals surface area contributed by atoms with Gasteiger partial charge in [0.05, 0.1) is 0 Å². The van der Waals surface area contributed by atoms with Gasteiger partial charge in [0.1, 0.15) is 11.9 Å². The Balaban J connectivity index is 3.79. The number of rotatable bonds is 8. The van der Waals surface area contributed by atoms with E-state index in [0.29, 0.717) is 6.42 Å². The molecule has 88 valence electrons. The first kappa shape index (κ1) is 14.1. The van der Waals surface area contributed by atoms with Crippen molar-refractivity contribution in [2.75, 3.05) is 0 Å². The highest BCUT2D eigenvalue weighted by atomic mass is 16.5. The zero-order valence-electron chi connectivity index (χ0n) is 10.0. The Morgan fingerprint density at radius 2 is 1.80 bits per heavy atom. The fourth-order valence-corrected chi connectivity index (χ4v) is 1.56. The highest BCUT2D eigenvalue weighted by Crippen LogP contribution is 2.12. The van der Waals surface area contributed by atoms with Gasteiger partial charge >= 0.3 is 5.97 Å². The van der Waals surface area contributed by atoms with Gasteiger partial charge in [-0.05, 0) is 19.8 Å².